The van der Waals surface area contributed by atoms with Gasteiger partial charge in [-0.25, -0.2) is 0 Å². The lowest BCUT2D eigenvalue weighted by Crippen LogP contribution is -2.25. The molecule has 0 saturated heterocycles. The van der Waals surface area contributed by atoms with Gasteiger partial charge in [-0.05, 0) is 29.9 Å². The van der Waals surface area contributed by atoms with Crippen molar-refractivity contribution in [2.75, 3.05) is 0 Å². The molecule has 1 aromatic rings. The Labute approximate surface area is 98.6 Å². The molecule has 16 heavy (non-hydrogen) atoms. The molecule has 0 spiro atoms. The Morgan fingerprint density at radius 1 is 1.12 bits per heavy atom. The number of benzene rings is 1. The molecule has 0 fully saturated rings. The molecule has 0 unspecified atom stereocenters. The zero-order valence-electron chi connectivity index (χ0n) is 10.2. The first-order chi connectivity index (χ1) is 7.75. The van der Waals surface area contributed by atoms with Gasteiger partial charge in [-0.2, -0.15) is 0 Å². The second-order valence-corrected chi connectivity index (χ2v) is 4.92. The molecule has 1 aromatic carbocycles. The van der Waals surface area contributed by atoms with Crippen molar-refractivity contribution in [1.82, 2.24) is 5.32 Å². The summed E-state index contributed by atoms with van der Waals surface area (Å²) in [5.74, 6) is 0.626. The van der Waals surface area contributed by atoms with Crippen LogP contribution in [0.4, 0.5) is 0 Å². The Bertz CT molecular complexity index is 340. The van der Waals surface area contributed by atoms with Gasteiger partial charge in [0.2, 0.25) is 0 Å². The van der Waals surface area contributed by atoms with Gasteiger partial charge in [-0.3, -0.25) is 0 Å². The van der Waals surface area contributed by atoms with Crippen molar-refractivity contribution in [2.45, 2.75) is 45.2 Å². The summed E-state index contributed by atoms with van der Waals surface area (Å²) < 4.78 is 0. The van der Waals surface area contributed by atoms with Crippen LogP contribution in [0.25, 0.3) is 0 Å². The molecular formula is C15H21N. The summed E-state index contributed by atoms with van der Waals surface area (Å²) >= 11 is 0. The van der Waals surface area contributed by atoms with Crippen molar-refractivity contribution < 1.29 is 0 Å². The summed E-state index contributed by atoms with van der Waals surface area (Å²) in [6.07, 6.45) is 6.90. The van der Waals surface area contributed by atoms with E-state index in [4.69, 9.17) is 0 Å². The number of nitrogens with one attached hydrogen (secondary N) is 1. The van der Waals surface area contributed by atoms with Crippen LogP contribution >= 0.6 is 0 Å². The first-order valence-corrected chi connectivity index (χ1v) is 6.23. The fraction of sp³-hybridized carbons (Fsp3) is 0.467. The van der Waals surface area contributed by atoms with Crippen molar-refractivity contribution in [1.29, 1.82) is 0 Å². The lowest BCUT2D eigenvalue weighted by molar-refractivity contribution is 0.538. The van der Waals surface area contributed by atoms with Crippen LogP contribution in [0.1, 0.15) is 43.7 Å². The van der Waals surface area contributed by atoms with Gasteiger partial charge in [0.15, 0.2) is 0 Å². The van der Waals surface area contributed by atoms with E-state index in [1.165, 1.54) is 24.0 Å². The summed E-state index contributed by atoms with van der Waals surface area (Å²) in [5, 5.41) is 3.58. The SMILES string of the molecule is CC(C)c1ccc(CNC2CC=CC2)cc1. The molecule has 0 saturated carbocycles. The summed E-state index contributed by atoms with van der Waals surface area (Å²) in [7, 11) is 0. The third-order valence-electron chi connectivity index (χ3n) is 3.25. The summed E-state index contributed by atoms with van der Waals surface area (Å²) in [6.45, 7) is 5.46. The van der Waals surface area contributed by atoms with Crippen LogP contribution in [0.5, 0.6) is 0 Å². The van der Waals surface area contributed by atoms with E-state index in [-0.39, 0.29) is 0 Å². The van der Waals surface area contributed by atoms with Crippen molar-refractivity contribution in [3.05, 3.63) is 47.5 Å². The molecule has 0 aliphatic heterocycles. The number of rotatable bonds is 4. The van der Waals surface area contributed by atoms with E-state index in [1.54, 1.807) is 0 Å². The van der Waals surface area contributed by atoms with Crippen LogP contribution in [-0.4, -0.2) is 6.04 Å². The fourth-order valence-corrected chi connectivity index (χ4v) is 2.07. The van der Waals surface area contributed by atoms with Crippen LogP contribution in [-0.2, 0) is 6.54 Å². The Morgan fingerprint density at radius 3 is 2.31 bits per heavy atom. The van der Waals surface area contributed by atoms with Gasteiger partial charge >= 0.3 is 0 Å². The maximum absolute atomic E-state index is 3.58. The lowest BCUT2D eigenvalue weighted by Gasteiger charge is -2.12. The molecule has 1 aliphatic rings. The first kappa shape index (κ1) is 11.4. The Balaban J connectivity index is 1.85. The summed E-state index contributed by atoms with van der Waals surface area (Å²) in [5.41, 5.74) is 2.81. The molecule has 0 bridgehead atoms. The van der Waals surface area contributed by atoms with E-state index in [2.05, 4.69) is 55.6 Å². The molecular weight excluding hydrogens is 194 g/mol. The predicted molar refractivity (Wildman–Crippen MR) is 69.5 cm³/mol. The Hall–Kier alpha value is -1.08. The minimum atomic E-state index is 0.626. The van der Waals surface area contributed by atoms with Crippen LogP contribution < -0.4 is 5.32 Å². The van der Waals surface area contributed by atoms with E-state index in [9.17, 15) is 0 Å². The van der Waals surface area contributed by atoms with Crippen LogP contribution in [0.2, 0.25) is 0 Å². The quantitative estimate of drug-likeness (QED) is 0.756. The van der Waals surface area contributed by atoms with Crippen molar-refractivity contribution in [2.24, 2.45) is 0 Å². The highest BCUT2D eigenvalue weighted by Crippen LogP contribution is 2.15. The van der Waals surface area contributed by atoms with E-state index in [0.717, 1.165) is 6.54 Å². The standard InChI is InChI=1S/C15H21N/c1-12(2)14-9-7-13(8-10-14)11-16-15-5-3-4-6-15/h3-4,7-10,12,15-16H,5-6,11H2,1-2H3. The number of hydrogen-bond donors (Lipinski definition) is 1. The summed E-state index contributed by atoms with van der Waals surface area (Å²) in [6, 6.07) is 9.63. The molecule has 0 atom stereocenters. The minimum Gasteiger partial charge on any atom is -0.309 e. The average molecular weight is 215 g/mol. The van der Waals surface area contributed by atoms with E-state index >= 15 is 0 Å². The van der Waals surface area contributed by atoms with Gasteiger partial charge in [0.05, 0.1) is 0 Å². The van der Waals surface area contributed by atoms with Gasteiger partial charge in [0.25, 0.3) is 0 Å². The van der Waals surface area contributed by atoms with Gasteiger partial charge in [0.1, 0.15) is 0 Å². The first-order valence-electron chi connectivity index (χ1n) is 6.23. The van der Waals surface area contributed by atoms with Crippen LogP contribution in [0.15, 0.2) is 36.4 Å². The van der Waals surface area contributed by atoms with Crippen molar-refractivity contribution >= 4 is 0 Å². The normalized spacial score (nSPS) is 16.2. The average Bonchev–Trinajstić information content (AvgIpc) is 2.80. The third-order valence-corrected chi connectivity index (χ3v) is 3.25. The summed E-state index contributed by atoms with van der Waals surface area (Å²) in [4.78, 5) is 0. The maximum atomic E-state index is 3.58. The van der Waals surface area contributed by atoms with Gasteiger partial charge in [0, 0.05) is 12.6 Å². The van der Waals surface area contributed by atoms with Gasteiger partial charge in [-0.1, -0.05) is 50.3 Å². The lowest BCUT2D eigenvalue weighted by atomic mass is 10.0. The number of hydrogen-bond acceptors (Lipinski definition) is 1. The smallest absolute Gasteiger partial charge is 0.0208 e. The monoisotopic (exact) mass is 215 g/mol. The molecule has 1 nitrogen and oxygen atoms in total. The Morgan fingerprint density at radius 2 is 1.75 bits per heavy atom. The topological polar surface area (TPSA) is 12.0 Å². The molecule has 0 amide bonds. The highest BCUT2D eigenvalue weighted by atomic mass is 14.9. The predicted octanol–water partition coefficient (Wildman–Crippen LogP) is 3.62. The van der Waals surface area contributed by atoms with Crippen LogP contribution in [0, 0.1) is 0 Å². The fourth-order valence-electron chi connectivity index (χ4n) is 2.07. The van der Waals surface area contributed by atoms with E-state index in [0.29, 0.717) is 12.0 Å². The van der Waals surface area contributed by atoms with Gasteiger partial charge < -0.3 is 5.32 Å². The molecule has 1 aliphatic carbocycles. The maximum Gasteiger partial charge on any atom is 0.0208 e. The molecule has 2 rings (SSSR count). The third kappa shape index (κ3) is 2.96. The molecule has 0 radical (unpaired) electrons. The molecule has 0 aromatic heterocycles. The van der Waals surface area contributed by atoms with Gasteiger partial charge in [-0.15, -0.1) is 0 Å². The second kappa shape index (κ2) is 5.31. The van der Waals surface area contributed by atoms with Crippen molar-refractivity contribution in [3.63, 3.8) is 0 Å². The van der Waals surface area contributed by atoms with Crippen molar-refractivity contribution in [3.8, 4) is 0 Å². The minimum absolute atomic E-state index is 0.626. The highest BCUT2D eigenvalue weighted by molar-refractivity contribution is 5.24. The largest absolute Gasteiger partial charge is 0.309 e. The highest BCUT2D eigenvalue weighted by Gasteiger charge is 2.08. The van der Waals surface area contributed by atoms with E-state index < -0.39 is 0 Å². The van der Waals surface area contributed by atoms with E-state index in [1.807, 2.05) is 0 Å². The Kier molecular flexibility index (Phi) is 3.79. The zero-order chi connectivity index (χ0) is 11.4. The van der Waals surface area contributed by atoms with Crippen LogP contribution in [0.3, 0.4) is 0 Å². The molecule has 1 heteroatoms. The molecule has 86 valence electrons. The zero-order valence-corrected chi connectivity index (χ0v) is 10.2. The molecule has 0 heterocycles. The second-order valence-electron chi connectivity index (χ2n) is 4.92. The molecule has 1 N–H and O–H groups in total.